The van der Waals surface area contributed by atoms with Gasteiger partial charge in [0.2, 0.25) is 5.91 Å². The molecule has 0 spiro atoms. The summed E-state index contributed by atoms with van der Waals surface area (Å²) in [5.74, 6) is -1.19. The van der Waals surface area contributed by atoms with Crippen LogP contribution < -0.4 is 5.32 Å². The Labute approximate surface area is 491 Å². The highest BCUT2D eigenvalue weighted by Crippen LogP contribution is 2.26. The molecule has 0 saturated carbocycles. The van der Waals surface area contributed by atoms with Crippen LogP contribution >= 0.6 is 0 Å². The van der Waals surface area contributed by atoms with Crippen molar-refractivity contribution in [3.05, 3.63) is 48.6 Å². The third-order valence-corrected chi connectivity index (χ3v) is 16.0. The molecule has 1 heterocycles. The van der Waals surface area contributed by atoms with E-state index in [-0.39, 0.29) is 13.0 Å². The van der Waals surface area contributed by atoms with E-state index >= 15 is 0 Å². The summed E-state index contributed by atoms with van der Waals surface area (Å²) < 4.78 is 17.6. The highest BCUT2D eigenvalue weighted by atomic mass is 16.7. The second-order valence-electron chi connectivity index (χ2n) is 23.6. The molecule has 0 aromatic rings. The average Bonchev–Trinajstić information content (AvgIpc) is 3.46. The number of esters is 1. The number of aliphatic hydroxyl groups is 5. The van der Waals surface area contributed by atoms with Crippen molar-refractivity contribution in [3.8, 4) is 0 Å². The second kappa shape index (κ2) is 57.1. The summed E-state index contributed by atoms with van der Waals surface area (Å²) in [6.45, 7) is 5.78. The van der Waals surface area contributed by atoms with Crippen LogP contribution in [0.15, 0.2) is 48.6 Å². The van der Waals surface area contributed by atoms with Gasteiger partial charge in [-0.1, -0.05) is 275 Å². The Hall–Kier alpha value is -2.38. The summed E-state index contributed by atoms with van der Waals surface area (Å²) in [5, 5.41) is 57.1. The SMILES string of the molecule is CCCCC/C=C\C/C=C\CCCCCCCCCCCCCCCCC(O)C(=O)NC(COC1OC(CO)C(O)C(O)C1OC(=O)CCCCCCCCC/C=C\CCCCCC)C(O)/C=C/CCCCCCCCCCCC. The molecule has 0 aromatic carbocycles. The van der Waals surface area contributed by atoms with Gasteiger partial charge in [0.15, 0.2) is 12.4 Å². The molecular weight excluding hydrogens is 1000 g/mol. The van der Waals surface area contributed by atoms with Crippen molar-refractivity contribution in [1.82, 2.24) is 5.32 Å². The van der Waals surface area contributed by atoms with Gasteiger partial charge >= 0.3 is 5.97 Å². The normalized spacial score (nSPS) is 19.0. The number of unbranched alkanes of at least 4 members (excludes halogenated alkanes) is 38. The molecule has 80 heavy (non-hydrogen) atoms. The van der Waals surface area contributed by atoms with Gasteiger partial charge in [-0.05, 0) is 83.5 Å². The minimum absolute atomic E-state index is 0.120. The lowest BCUT2D eigenvalue weighted by Crippen LogP contribution is -2.61. The molecule has 1 amide bonds. The highest BCUT2D eigenvalue weighted by molar-refractivity contribution is 5.80. The molecule has 0 aromatic heterocycles. The van der Waals surface area contributed by atoms with Crippen LogP contribution in [-0.4, -0.2) is 99.6 Å². The number of carbonyl (C=O) groups is 2. The third kappa shape index (κ3) is 44.2. The molecule has 0 radical (unpaired) electrons. The monoisotopic (exact) mass is 1130 g/mol. The quantitative estimate of drug-likeness (QED) is 0.0195. The fourth-order valence-electron chi connectivity index (χ4n) is 10.6. The number of carbonyl (C=O) groups excluding carboxylic acids is 2. The molecule has 0 aliphatic carbocycles. The second-order valence-corrected chi connectivity index (χ2v) is 23.6. The number of nitrogens with one attached hydrogen (secondary N) is 1. The number of allylic oxidation sites excluding steroid dienone is 7. The maximum Gasteiger partial charge on any atom is 0.306 e. The van der Waals surface area contributed by atoms with Gasteiger partial charge in [-0.3, -0.25) is 9.59 Å². The lowest BCUT2D eigenvalue weighted by Gasteiger charge is -2.41. The zero-order valence-electron chi connectivity index (χ0n) is 52.0. The summed E-state index contributed by atoms with van der Waals surface area (Å²) >= 11 is 0. The Bertz CT molecular complexity index is 1490. The van der Waals surface area contributed by atoms with E-state index in [0.717, 1.165) is 77.0 Å². The molecular formula is C69H127NO10. The Kier molecular flexibility index (Phi) is 54.0. The van der Waals surface area contributed by atoms with Crippen LogP contribution in [-0.2, 0) is 23.8 Å². The standard InChI is InChI=1S/C69H127NO10/c1-4-7-10-13-16-19-22-25-27-28-29-30-31-32-33-34-35-37-38-41-44-47-50-53-56-62(73)68(77)70-60(61(72)55-52-49-46-43-40-24-21-18-15-12-9-6-3)59-78-69-67(66(76)65(75)63(58-71)79-69)80-64(74)57-54-51-48-45-42-39-36-26-23-20-17-14-11-8-5-2/h16,19-20,23,25,27,52,55,60-63,65-67,69,71-73,75-76H,4-15,17-18,21-22,24,26,28-51,53-54,56-59H2,1-3H3,(H,70,77)/b19-16-,23-20-,27-25-,55-52+. The van der Waals surface area contributed by atoms with E-state index < -0.39 is 67.4 Å². The smallest absolute Gasteiger partial charge is 0.306 e. The van der Waals surface area contributed by atoms with E-state index in [1.165, 1.54) is 193 Å². The van der Waals surface area contributed by atoms with Gasteiger partial charge in [0.05, 0.1) is 25.4 Å². The highest BCUT2D eigenvalue weighted by Gasteiger charge is 2.47. The minimum atomic E-state index is -1.61. The number of hydrogen-bond acceptors (Lipinski definition) is 10. The van der Waals surface area contributed by atoms with Crippen LogP contribution in [0.25, 0.3) is 0 Å². The topological polar surface area (TPSA) is 175 Å². The predicted octanol–water partition coefficient (Wildman–Crippen LogP) is 16.8. The van der Waals surface area contributed by atoms with Gasteiger partial charge < -0.3 is 45.1 Å². The maximum atomic E-state index is 13.5. The van der Waals surface area contributed by atoms with E-state index in [4.69, 9.17) is 14.2 Å². The molecule has 1 aliphatic heterocycles. The molecule has 1 fully saturated rings. The van der Waals surface area contributed by atoms with Crippen molar-refractivity contribution in [2.24, 2.45) is 0 Å². The van der Waals surface area contributed by atoms with E-state index in [9.17, 15) is 35.1 Å². The van der Waals surface area contributed by atoms with Crippen LogP contribution in [0.1, 0.15) is 316 Å². The first-order valence-electron chi connectivity index (χ1n) is 33.9. The van der Waals surface area contributed by atoms with E-state index in [1.54, 1.807) is 6.08 Å². The van der Waals surface area contributed by atoms with Gasteiger partial charge in [0.1, 0.15) is 24.4 Å². The molecule has 1 saturated heterocycles. The molecule has 11 heteroatoms. The Morgan fingerprint density at radius 1 is 0.487 bits per heavy atom. The van der Waals surface area contributed by atoms with Crippen LogP contribution in [0.5, 0.6) is 0 Å². The van der Waals surface area contributed by atoms with Crippen molar-refractivity contribution in [2.75, 3.05) is 13.2 Å². The minimum Gasteiger partial charge on any atom is -0.454 e. The first-order valence-corrected chi connectivity index (χ1v) is 33.9. The largest absolute Gasteiger partial charge is 0.454 e. The summed E-state index contributed by atoms with van der Waals surface area (Å²) in [7, 11) is 0. The van der Waals surface area contributed by atoms with Crippen molar-refractivity contribution < 1.29 is 49.3 Å². The molecule has 1 rings (SSSR count). The van der Waals surface area contributed by atoms with Crippen molar-refractivity contribution in [2.45, 2.75) is 365 Å². The molecule has 468 valence electrons. The molecule has 8 unspecified atom stereocenters. The third-order valence-electron chi connectivity index (χ3n) is 16.0. The molecule has 6 N–H and O–H groups in total. The van der Waals surface area contributed by atoms with Gasteiger partial charge in [0.25, 0.3) is 0 Å². The first kappa shape index (κ1) is 75.6. The zero-order valence-corrected chi connectivity index (χ0v) is 52.0. The Morgan fingerprint density at radius 2 is 0.863 bits per heavy atom. The van der Waals surface area contributed by atoms with Gasteiger partial charge in [-0.25, -0.2) is 0 Å². The summed E-state index contributed by atoms with van der Waals surface area (Å²) in [4.78, 5) is 26.6. The van der Waals surface area contributed by atoms with Gasteiger partial charge in [0, 0.05) is 6.42 Å². The summed E-state index contributed by atoms with van der Waals surface area (Å²) in [5.41, 5.74) is 0. The molecule has 0 bridgehead atoms. The van der Waals surface area contributed by atoms with E-state index in [0.29, 0.717) is 19.3 Å². The number of aliphatic hydroxyl groups excluding tert-OH is 5. The summed E-state index contributed by atoms with van der Waals surface area (Å²) in [6, 6.07) is -1.02. The number of ether oxygens (including phenoxy) is 3. The Balaban J connectivity index is 2.59. The molecule has 8 atom stereocenters. The van der Waals surface area contributed by atoms with E-state index in [2.05, 4.69) is 62.5 Å². The molecule has 1 aliphatic rings. The maximum absolute atomic E-state index is 13.5. The Morgan fingerprint density at radius 3 is 1.32 bits per heavy atom. The average molecular weight is 1130 g/mol. The lowest BCUT2D eigenvalue weighted by molar-refractivity contribution is -0.305. The number of amides is 1. The van der Waals surface area contributed by atoms with Gasteiger partial charge in [-0.2, -0.15) is 0 Å². The van der Waals surface area contributed by atoms with Crippen LogP contribution in [0.2, 0.25) is 0 Å². The van der Waals surface area contributed by atoms with Crippen molar-refractivity contribution in [3.63, 3.8) is 0 Å². The number of rotatable bonds is 58. The first-order chi connectivity index (χ1) is 39.2. The fourth-order valence-corrected chi connectivity index (χ4v) is 10.6. The summed E-state index contributed by atoms with van der Waals surface area (Å²) in [6.07, 6.45) is 60.1. The molecule has 11 nitrogen and oxygen atoms in total. The van der Waals surface area contributed by atoms with E-state index in [1.807, 2.05) is 6.08 Å². The van der Waals surface area contributed by atoms with Crippen molar-refractivity contribution >= 4 is 11.9 Å². The van der Waals surface area contributed by atoms with Crippen molar-refractivity contribution in [1.29, 1.82) is 0 Å². The van der Waals surface area contributed by atoms with Crippen LogP contribution in [0.4, 0.5) is 0 Å². The number of hydrogen-bond donors (Lipinski definition) is 6. The lowest BCUT2D eigenvalue weighted by atomic mass is 9.99. The predicted molar refractivity (Wildman–Crippen MR) is 334 cm³/mol. The van der Waals surface area contributed by atoms with Gasteiger partial charge in [-0.15, -0.1) is 0 Å². The fraction of sp³-hybridized carbons (Fsp3) is 0.855. The van der Waals surface area contributed by atoms with Crippen LogP contribution in [0.3, 0.4) is 0 Å². The van der Waals surface area contributed by atoms with Crippen LogP contribution in [0, 0.1) is 0 Å². The zero-order chi connectivity index (χ0) is 58.2.